The largest absolute Gasteiger partial charge is 0.395 e. The van der Waals surface area contributed by atoms with E-state index in [4.69, 9.17) is 5.11 Å². The van der Waals surface area contributed by atoms with Crippen molar-refractivity contribution in [3.8, 4) is 0 Å². The number of benzene rings is 1. The predicted molar refractivity (Wildman–Crippen MR) is 105 cm³/mol. The third kappa shape index (κ3) is 5.06. The maximum Gasteiger partial charge on any atom is 0.328 e. The number of β-amino-alcohol motifs (C(OH)–C–C–N with tert-alkyl or cyclic N) is 1. The Morgan fingerprint density at radius 3 is 2.61 bits per heavy atom. The van der Waals surface area contributed by atoms with Gasteiger partial charge in [-0.2, -0.15) is 0 Å². The second-order valence-corrected chi connectivity index (χ2v) is 7.19. The number of aliphatic hydroxyl groups excluding tert-OH is 1. The van der Waals surface area contributed by atoms with Gasteiger partial charge in [0.25, 0.3) is 0 Å². The van der Waals surface area contributed by atoms with Crippen LogP contribution in [0.2, 0.25) is 0 Å². The quantitative estimate of drug-likeness (QED) is 0.636. The van der Waals surface area contributed by atoms with Crippen LogP contribution in [0.3, 0.4) is 0 Å². The Hall–Kier alpha value is -2.49. The predicted octanol–water partition coefficient (Wildman–Crippen LogP) is 0.0698. The van der Waals surface area contributed by atoms with Gasteiger partial charge in [-0.05, 0) is 31.2 Å². The number of nitrogens with one attached hydrogen (secondary N) is 2. The molecule has 152 valence electrons. The molecule has 1 aromatic carbocycles. The first-order chi connectivity index (χ1) is 13.5. The third-order valence-corrected chi connectivity index (χ3v) is 5.13. The monoisotopic (exact) mass is 389 g/mol. The van der Waals surface area contributed by atoms with Crippen molar-refractivity contribution in [3.63, 3.8) is 0 Å². The lowest BCUT2D eigenvalue weighted by Crippen LogP contribution is -2.54. The highest BCUT2D eigenvalue weighted by molar-refractivity contribution is 6.05. The molecule has 2 aliphatic heterocycles. The summed E-state index contributed by atoms with van der Waals surface area (Å²) in [6, 6.07) is 6.82. The summed E-state index contributed by atoms with van der Waals surface area (Å²) in [6.07, 6.45) is 0.272. The van der Waals surface area contributed by atoms with Gasteiger partial charge in [0.15, 0.2) is 0 Å². The summed E-state index contributed by atoms with van der Waals surface area (Å²) in [5.74, 6) is -0.354. The molecule has 2 fully saturated rings. The van der Waals surface area contributed by atoms with Gasteiger partial charge in [0.1, 0.15) is 0 Å². The number of hydrogen-bond acceptors (Lipinski definition) is 6. The van der Waals surface area contributed by atoms with E-state index in [9.17, 15) is 14.4 Å². The van der Waals surface area contributed by atoms with E-state index in [0.29, 0.717) is 31.0 Å². The summed E-state index contributed by atoms with van der Waals surface area (Å²) in [6.45, 7) is 6.02. The third-order valence-electron chi connectivity index (χ3n) is 5.13. The fourth-order valence-electron chi connectivity index (χ4n) is 3.57. The molecule has 28 heavy (non-hydrogen) atoms. The highest BCUT2D eigenvalue weighted by Gasteiger charge is 2.25. The van der Waals surface area contributed by atoms with Crippen LogP contribution in [0.5, 0.6) is 0 Å². The first kappa shape index (κ1) is 20.2. The molecule has 2 saturated heterocycles. The number of carbonyl (C=O) groups is 3. The molecule has 3 rings (SSSR count). The van der Waals surface area contributed by atoms with E-state index in [1.807, 2.05) is 0 Å². The number of anilines is 2. The minimum Gasteiger partial charge on any atom is -0.395 e. The van der Waals surface area contributed by atoms with E-state index >= 15 is 0 Å². The van der Waals surface area contributed by atoms with Crippen LogP contribution in [-0.2, 0) is 9.59 Å². The molecule has 0 radical (unpaired) electrons. The number of hydrogen-bond donors (Lipinski definition) is 3. The van der Waals surface area contributed by atoms with Crippen LogP contribution in [0.1, 0.15) is 13.3 Å². The SMILES string of the molecule is C[C@@H]1CN(CCO)CCN1CC(=O)Nc1ccc(N2CCC(=O)NC2=O)cc1. The van der Waals surface area contributed by atoms with Crippen LogP contribution in [0.4, 0.5) is 16.2 Å². The minimum atomic E-state index is -0.428. The number of piperazine rings is 1. The molecule has 2 heterocycles. The maximum absolute atomic E-state index is 12.4. The van der Waals surface area contributed by atoms with Crippen LogP contribution in [-0.4, -0.2) is 84.7 Å². The Bertz CT molecular complexity index is 724. The van der Waals surface area contributed by atoms with Crippen molar-refractivity contribution < 1.29 is 19.5 Å². The molecule has 0 aliphatic carbocycles. The minimum absolute atomic E-state index is 0.0866. The lowest BCUT2D eigenvalue weighted by atomic mass is 10.2. The number of nitrogens with zero attached hydrogens (tertiary/aromatic N) is 3. The Labute approximate surface area is 164 Å². The van der Waals surface area contributed by atoms with Gasteiger partial charge in [-0.25, -0.2) is 4.79 Å². The molecule has 1 aromatic rings. The van der Waals surface area contributed by atoms with Gasteiger partial charge >= 0.3 is 6.03 Å². The summed E-state index contributed by atoms with van der Waals surface area (Å²) in [5, 5.41) is 14.2. The molecular formula is C19H27N5O4. The van der Waals surface area contributed by atoms with E-state index in [1.165, 1.54) is 4.90 Å². The second kappa shape index (κ2) is 9.13. The maximum atomic E-state index is 12.4. The molecule has 2 aliphatic rings. The van der Waals surface area contributed by atoms with Gasteiger partial charge in [-0.3, -0.25) is 29.6 Å². The first-order valence-corrected chi connectivity index (χ1v) is 9.55. The summed E-state index contributed by atoms with van der Waals surface area (Å²) in [4.78, 5) is 41.3. The standard InChI is InChI=1S/C19H27N5O4/c1-14-12-22(10-11-25)8-9-23(14)13-18(27)20-15-2-4-16(5-3-15)24-7-6-17(26)21-19(24)28/h2-5,14,25H,6-13H2,1H3,(H,20,27)(H,21,26,28)/t14-/m1/s1. The normalized spacial score (nSPS) is 21.5. The number of carbonyl (C=O) groups excluding carboxylic acids is 3. The molecule has 3 N–H and O–H groups in total. The lowest BCUT2D eigenvalue weighted by Gasteiger charge is -2.39. The van der Waals surface area contributed by atoms with E-state index in [1.54, 1.807) is 24.3 Å². The Morgan fingerprint density at radius 2 is 1.96 bits per heavy atom. The molecule has 0 spiro atoms. The number of urea groups is 1. The van der Waals surface area contributed by atoms with Crippen molar-refractivity contribution in [1.29, 1.82) is 0 Å². The van der Waals surface area contributed by atoms with Crippen LogP contribution >= 0.6 is 0 Å². The van der Waals surface area contributed by atoms with E-state index in [2.05, 4.69) is 27.4 Å². The summed E-state index contributed by atoms with van der Waals surface area (Å²) < 4.78 is 0. The zero-order valence-electron chi connectivity index (χ0n) is 16.1. The molecule has 9 heteroatoms. The Morgan fingerprint density at radius 1 is 1.21 bits per heavy atom. The zero-order valence-corrected chi connectivity index (χ0v) is 16.1. The van der Waals surface area contributed by atoms with E-state index in [0.717, 1.165) is 19.6 Å². The molecule has 4 amide bonds. The molecule has 0 bridgehead atoms. The fraction of sp³-hybridized carbons (Fsp3) is 0.526. The summed E-state index contributed by atoms with van der Waals surface area (Å²) in [5.41, 5.74) is 1.34. The van der Waals surface area contributed by atoms with E-state index in [-0.39, 0.29) is 30.9 Å². The van der Waals surface area contributed by atoms with Gasteiger partial charge in [-0.1, -0.05) is 0 Å². The number of aliphatic hydroxyl groups is 1. The van der Waals surface area contributed by atoms with Gasteiger partial charge < -0.3 is 10.4 Å². The van der Waals surface area contributed by atoms with Gasteiger partial charge in [0.05, 0.1) is 13.2 Å². The zero-order chi connectivity index (χ0) is 20.1. The molecule has 0 saturated carbocycles. The van der Waals surface area contributed by atoms with Crippen LogP contribution in [0.15, 0.2) is 24.3 Å². The van der Waals surface area contributed by atoms with Crippen LogP contribution in [0, 0.1) is 0 Å². The van der Waals surface area contributed by atoms with Crippen LogP contribution in [0.25, 0.3) is 0 Å². The Kier molecular flexibility index (Phi) is 6.61. The lowest BCUT2D eigenvalue weighted by molar-refractivity contribution is -0.120. The number of rotatable bonds is 6. The average Bonchev–Trinajstić information content (AvgIpc) is 2.65. The first-order valence-electron chi connectivity index (χ1n) is 9.55. The van der Waals surface area contributed by atoms with Crippen molar-refractivity contribution in [2.75, 3.05) is 56.1 Å². The van der Waals surface area contributed by atoms with Gasteiger partial charge in [0, 0.05) is 56.6 Å². The summed E-state index contributed by atoms with van der Waals surface area (Å²) >= 11 is 0. The van der Waals surface area contributed by atoms with Crippen molar-refractivity contribution in [2.45, 2.75) is 19.4 Å². The molecule has 1 atom stereocenters. The average molecular weight is 389 g/mol. The molecular weight excluding hydrogens is 362 g/mol. The van der Waals surface area contributed by atoms with Crippen molar-refractivity contribution in [3.05, 3.63) is 24.3 Å². The van der Waals surface area contributed by atoms with Crippen molar-refractivity contribution in [2.24, 2.45) is 0 Å². The molecule has 0 unspecified atom stereocenters. The Balaban J connectivity index is 1.51. The number of amides is 4. The smallest absolute Gasteiger partial charge is 0.328 e. The highest BCUT2D eigenvalue weighted by Crippen LogP contribution is 2.20. The molecule has 0 aromatic heterocycles. The van der Waals surface area contributed by atoms with Gasteiger partial charge in [-0.15, -0.1) is 0 Å². The number of imide groups is 1. The fourth-order valence-corrected chi connectivity index (χ4v) is 3.57. The summed E-state index contributed by atoms with van der Waals surface area (Å²) in [7, 11) is 0. The topological polar surface area (TPSA) is 105 Å². The molecule has 9 nitrogen and oxygen atoms in total. The van der Waals surface area contributed by atoms with Crippen LogP contribution < -0.4 is 15.5 Å². The van der Waals surface area contributed by atoms with E-state index < -0.39 is 6.03 Å². The second-order valence-electron chi connectivity index (χ2n) is 7.19. The van der Waals surface area contributed by atoms with Crippen molar-refractivity contribution >= 4 is 29.2 Å². The highest BCUT2D eigenvalue weighted by atomic mass is 16.3. The van der Waals surface area contributed by atoms with Crippen molar-refractivity contribution in [1.82, 2.24) is 15.1 Å². The van der Waals surface area contributed by atoms with Gasteiger partial charge in [0.2, 0.25) is 11.8 Å².